The summed E-state index contributed by atoms with van der Waals surface area (Å²) in [6, 6.07) is 5.93. The fraction of sp³-hybridized carbons (Fsp3) is 0.524. The third kappa shape index (κ3) is 1.42. The predicted octanol–water partition coefficient (Wildman–Crippen LogP) is 2.96. The van der Waals surface area contributed by atoms with Gasteiger partial charge in [-0.05, 0) is 49.4 Å². The zero-order chi connectivity index (χ0) is 18.6. The molecular formula is C21H22N2O4. The summed E-state index contributed by atoms with van der Waals surface area (Å²) < 4.78 is 10.7. The van der Waals surface area contributed by atoms with Crippen molar-refractivity contribution in [1.29, 1.82) is 0 Å². The number of rotatable bonds is 1. The van der Waals surface area contributed by atoms with E-state index in [1.165, 1.54) is 7.11 Å². The molecule has 6 rings (SSSR count). The molecule has 27 heavy (non-hydrogen) atoms. The number of hydrogen-bond donors (Lipinski definition) is 0. The van der Waals surface area contributed by atoms with Crippen LogP contribution in [0.5, 0.6) is 5.75 Å². The first kappa shape index (κ1) is 15.5. The van der Waals surface area contributed by atoms with E-state index >= 15 is 0 Å². The van der Waals surface area contributed by atoms with Crippen molar-refractivity contribution < 1.29 is 19.1 Å². The molecule has 3 aliphatic heterocycles. The Morgan fingerprint density at radius 2 is 2.07 bits per heavy atom. The second kappa shape index (κ2) is 4.49. The number of carbonyl (C=O) groups excluding carboxylic acids is 2. The topological polar surface area (TPSA) is 59.1 Å². The number of nitrogens with zero attached hydrogens (tertiary/aromatic N) is 2. The number of fused-ring (bicyclic) bond motifs is 1. The third-order valence-electron chi connectivity index (χ3n) is 8.03. The number of anilines is 1. The molecule has 0 unspecified atom stereocenters. The van der Waals surface area contributed by atoms with Crippen molar-refractivity contribution in [2.75, 3.05) is 19.1 Å². The maximum Gasteiger partial charge on any atom is 0.414 e. The van der Waals surface area contributed by atoms with E-state index in [-0.39, 0.29) is 28.5 Å². The molecule has 4 atom stereocenters. The minimum absolute atomic E-state index is 0.0713. The second-order valence-corrected chi connectivity index (χ2v) is 8.54. The summed E-state index contributed by atoms with van der Waals surface area (Å²) in [5.74, 6) is 1.33. The second-order valence-electron chi connectivity index (χ2n) is 8.54. The number of hydrogen-bond acceptors (Lipinski definition) is 4. The van der Waals surface area contributed by atoms with Gasteiger partial charge >= 0.3 is 6.09 Å². The molecule has 2 bridgehead atoms. The van der Waals surface area contributed by atoms with Crippen molar-refractivity contribution in [3.05, 3.63) is 36.0 Å². The van der Waals surface area contributed by atoms with Crippen LogP contribution in [-0.4, -0.2) is 42.2 Å². The van der Waals surface area contributed by atoms with Crippen molar-refractivity contribution >= 4 is 17.7 Å². The van der Waals surface area contributed by atoms with Crippen LogP contribution in [0.15, 0.2) is 30.5 Å². The average molecular weight is 366 g/mol. The molecule has 0 radical (unpaired) electrons. The van der Waals surface area contributed by atoms with Crippen LogP contribution in [0.2, 0.25) is 0 Å². The Balaban J connectivity index is 1.60. The number of amides is 2. The zero-order valence-corrected chi connectivity index (χ0v) is 15.5. The average Bonchev–Trinajstić information content (AvgIpc) is 3.09. The summed E-state index contributed by atoms with van der Waals surface area (Å²) in [7, 11) is 3.11. The van der Waals surface area contributed by atoms with Gasteiger partial charge < -0.3 is 14.4 Å². The monoisotopic (exact) mass is 366 g/mol. The summed E-state index contributed by atoms with van der Waals surface area (Å²) in [6.45, 7) is 0. The lowest BCUT2D eigenvalue weighted by atomic mass is 9.77. The van der Waals surface area contributed by atoms with Gasteiger partial charge in [0.1, 0.15) is 5.75 Å². The normalized spacial score (nSPS) is 39.5. The van der Waals surface area contributed by atoms with Crippen LogP contribution in [-0.2, 0) is 14.9 Å². The highest BCUT2D eigenvalue weighted by Crippen LogP contribution is 2.80. The van der Waals surface area contributed by atoms with E-state index in [1.54, 1.807) is 7.11 Å². The van der Waals surface area contributed by atoms with E-state index in [4.69, 9.17) is 9.47 Å². The highest BCUT2D eigenvalue weighted by molar-refractivity contribution is 5.98. The number of methoxy groups -OCH3 is 2. The Bertz CT molecular complexity index is 942. The predicted molar refractivity (Wildman–Crippen MR) is 97.6 cm³/mol. The van der Waals surface area contributed by atoms with Gasteiger partial charge in [-0.25, -0.2) is 4.79 Å². The van der Waals surface area contributed by atoms with E-state index in [1.807, 2.05) is 28.1 Å². The molecule has 3 heterocycles. The molecule has 2 amide bonds. The van der Waals surface area contributed by atoms with Crippen molar-refractivity contribution in [2.45, 2.75) is 48.6 Å². The molecule has 2 saturated carbocycles. The van der Waals surface area contributed by atoms with Gasteiger partial charge in [-0.3, -0.25) is 9.69 Å². The van der Waals surface area contributed by atoms with Gasteiger partial charge in [0.2, 0.25) is 5.91 Å². The van der Waals surface area contributed by atoms with E-state index < -0.39 is 0 Å². The number of ether oxygens (including phenoxy) is 2. The number of carbonyl (C=O) groups is 2. The summed E-state index contributed by atoms with van der Waals surface area (Å²) in [5, 5.41) is 0. The van der Waals surface area contributed by atoms with Crippen molar-refractivity contribution in [2.24, 2.45) is 5.92 Å². The Morgan fingerprint density at radius 3 is 2.85 bits per heavy atom. The van der Waals surface area contributed by atoms with E-state index in [0.29, 0.717) is 12.3 Å². The van der Waals surface area contributed by atoms with Gasteiger partial charge in [0.15, 0.2) is 0 Å². The van der Waals surface area contributed by atoms with Gasteiger partial charge in [0.25, 0.3) is 0 Å². The fourth-order valence-electron chi connectivity index (χ4n) is 6.93. The molecule has 140 valence electrons. The largest absolute Gasteiger partial charge is 0.497 e. The van der Waals surface area contributed by atoms with E-state index in [9.17, 15) is 9.59 Å². The molecule has 5 aliphatic rings. The van der Waals surface area contributed by atoms with E-state index in [2.05, 4.69) is 12.1 Å². The van der Waals surface area contributed by atoms with Crippen LogP contribution < -0.4 is 9.64 Å². The van der Waals surface area contributed by atoms with Crippen LogP contribution in [0.25, 0.3) is 0 Å². The SMILES string of the molecule is COC(=O)N1c2ccc(OC)cc2[C@]23C=CN4C(=O)CC[C@]45CC[C@]12[C@H]3C5. The Hall–Kier alpha value is -2.50. The lowest BCUT2D eigenvalue weighted by Crippen LogP contribution is -2.52. The van der Waals surface area contributed by atoms with Gasteiger partial charge in [-0.15, -0.1) is 0 Å². The highest BCUT2D eigenvalue weighted by atomic mass is 16.5. The van der Waals surface area contributed by atoms with Gasteiger partial charge in [-0.1, -0.05) is 6.08 Å². The van der Waals surface area contributed by atoms with Crippen LogP contribution >= 0.6 is 0 Å². The smallest absolute Gasteiger partial charge is 0.414 e. The third-order valence-corrected chi connectivity index (χ3v) is 8.03. The van der Waals surface area contributed by atoms with Crippen LogP contribution in [0.3, 0.4) is 0 Å². The van der Waals surface area contributed by atoms with Crippen LogP contribution in [0.4, 0.5) is 10.5 Å². The lowest BCUT2D eigenvalue weighted by molar-refractivity contribution is -0.128. The first-order valence-electron chi connectivity index (χ1n) is 9.62. The highest BCUT2D eigenvalue weighted by Gasteiger charge is 2.86. The Kier molecular flexibility index (Phi) is 2.58. The summed E-state index contributed by atoms with van der Waals surface area (Å²) in [6.07, 6.45) is 8.22. The van der Waals surface area contributed by atoms with E-state index in [0.717, 1.165) is 42.7 Å². The van der Waals surface area contributed by atoms with Crippen molar-refractivity contribution in [3.8, 4) is 5.75 Å². The van der Waals surface area contributed by atoms with Crippen molar-refractivity contribution in [3.63, 3.8) is 0 Å². The molecule has 2 aliphatic carbocycles. The van der Waals surface area contributed by atoms with Crippen LogP contribution in [0, 0.1) is 5.92 Å². The standard InChI is InChI=1S/C21H22N2O4/c1-26-13-3-4-15-14(11-13)20-9-10-22-17(24)5-6-19(22)7-8-21(20,16(20)12-19)23(15)18(25)27-2/h3-4,9-11,16H,5-8,12H2,1-2H3/t16-,19+,20-,21+/m0/s1. The van der Waals surface area contributed by atoms with Gasteiger partial charge in [-0.2, -0.15) is 0 Å². The molecule has 6 nitrogen and oxygen atoms in total. The molecule has 0 aromatic heterocycles. The molecule has 1 aromatic carbocycles. The van der Waals surface area contributed by atoms with Gasteiger partial charge in [0.05, 0.1) is 25.4 Å². The zero-order valence-electron chi connectivity index (χ0n) is 15.5. The number of benzene rings is 1. The molecule has 3 spiro atoms. The fourth-order valence-corrected chi connectivity index (χ4v) is 6.93. The first-order chi connectivity index (χ1) is 13.0. The van der Waals surface area contributed by atoms with Crippen LogP contribution in [0.1, 0.15) is 37.7 Å². The summed E-state index contributed by atoms with van der Waals surface area (Å²) in [5.41, 5.74) is 1.44. The molecular weight excluding hydrogens is 344 g/mol. The first-order valence-corrected chi connectivity index (χ1v) is 9.62. The molecule has 3 fully saturated rings. The summed E-state index contributed by atoms with van der Waals surface area (Å²) in [4.78, 5) is 29.2. The minimum atomic E-state index is -0.296. The maximum absolute atomic E-state index is 12.8. The van der Waals surface area contributed by atoms with Gasteiger partial charge in [0, 0.05) is 29.5 Å². The molecule has 6 heteroatoms. The summed E-state index contributed by atoms with van der Waals surface area (Å²) >= 11 is 0. The Morgan fingerprint density at radius 1 is 1.22 bits per heavy atom. The van der Waals surface area contributed by atoms with Crippen molar-refractivity contribution in [1.82, 2.24) is 4.90 Å². The minimum Gasteiger partial charge on any atom is -0.497 e. The molecule has 1 aromatic rings. The molecule has 1 saturated heterocycles. The maximum atomic E-state index is 12.8. The molecule has 0 N–H and O–H groups in total. The Labute approximate surface area is 157 Å². The lowest BCUT2D eigenvalue weighted by Gasteiger charge is -2.44. The quantitative estimate of drug-likeness (QED) is 0.767.